The van der Waals surface area contributed by atoms with Crippen LogP contribution in [0.4, 0.5) is 0 Å². The van der Waals surface area contributed by atoms with Crippen molar-refractivity contribution in [1.29, 1.82) is 0 Å². The summed E-state index contributed by atoms with van der Waals surface area (Å²) < 4.78 is 0. The molecule has 3 nitrogen and oxygen atoms in total. The van der Waals surface area contributed by atoms with Crippen LogP contribution in [0.5, 0.6) is 0 Å². The molecule has 0 aromatic carbocycles. The summed E-state index contributed by atoms with van der Waals surface area (Å²) in [5.41, 5.74) is 3.54. The molecule has 72 valence electrons. The fourth-order valence-electron chi connectivity index (χ4n) is 1.23. The third kappa shape index (κ3) is 2.16. The minimum absolute atomic E-state index is 0.511. The van der Waals surface area contributed by atoms with Gasteiger partial charge in [0.05, 0.1) is 11.2 Å². The largest absolute Gasteiger partial charge is 0.386 e. The molecule has 0 saturated carbocycles. The second kappa shape index (κ2) is 4.30. The van der Waals surface area contributed by atoms with Crippen molar-refractivity contribution in [1.82, 2.24) is 9.97 Å². The van der Waals surface area contributed by atoms with Gasteiger partial charge in [0.2, 0.25) is 0 Å². The summed E-state index contributed by atoms with van der Waals surface area (Å²) >= 11 is 1.50. The van der Waals surface area contributed by atoms with Gasteiger partial charge in [-0.2, -0.15) is 0 Å². The van der Waals surface area contributed by atoms with Gasteiger partial charge in [0.1, 0.15) is 6.10 Å². The van der Waals surface area contributed by atoms with Crippen molar-refractivity contribution in [2.45, 2.75) is 12.5 Å². The number of aliphatic hydroxyl groups excluding tert-OH is 1. The molecule has 0 amide bonds. The zero-order chi connectivity index (χ0) is 9.80. The second-order valence-corrected chi connectivity index (χ2v) is 3.71. The summed E-state index contributed by atoms with van der Waals surface area (Å²) in [4.78, 5) is 7.99. The van der Waals surface area contributed by atoms with E-state index in [1.807, 2.05) is 17.5 Å². The normalized spacial score (nSPS) is 12.6. The van der Waals surface area contributed by atoms with E-state index < -0.39 is 6.10 Å². The highest BCUT2D eigenvalue weighted by molar-refractivity contribution is 7.07. The molecular weight excluding hydrogens is 196 g/mol. The van der Waals surface area contributed by atoms with Gasteiger partial charge < -0.3 is 5.11 Å². The number of nitrogens with zero attached hydrogens (tertiary/aromatic N) is 2. The number of aromatic nitrogens is 2. The average molecular weight is 206 g/mol. The van der Waals surface area contributed by atoms with Crippen LogP contribution in [-0.4, -0.2) is 15.1 Å². The van der Waals surface area contributed by atoms with Gasteiger partial charge >= 0.3 is 0 Å². The first-order chi connectivity index (χ1) is 6.86. The summed E-state index contributed by atoms with van der Waals surface area (Å²) in [6, 6.07) is 3.80. The number of thiazole rings is 1. The predicted molar refractivity (Wildman–Crippen MR) is 55.0 cm³/mol. The molecule has 14 heavy (non-hydrogen) atoms. The van der Waals surface area contributed by atoms with Gasteiger partial charge in [-0.05, 0) is 17.7 Å². The molecule has 0 spiro atoms. The predicted octanol–water partition coefficient (Wildman–Crippen LogP) is 1.81. The van der Waals surface area contributed by atoms with E-state index in [1.165, 1.54) is 11.3 Å². The number of rotatable bonds is 3. The van der Waals surface area contributed by atoms with Crippen LogP contribution >= 0.6 is 11.3 Å². The molecule has 1 unspecified atom stereocenters. The quantitative estimate of drug-likeness (QED) is 0.833. The van der Waals surface area contributed by atoms with E-state index in [4.69, 9.17) is 0 Å². The molecule has 2 heterocycles. The molecule has 0 bridgehead atoms. The van der Waals surface area contributed by atoms with Crippen LogP contribution in [0.15, 0.2) is 35.4 Å². The Hall–Kier alpha value is -1.26. The molecular formula is C10H10N2OS. The Kier molecular flexibility index (Phi) is 2.86. The third-order valence-electron chi connectivity index (χ3n) is 1.97. The van der Waals surface area contributed by atoms with Gasteiger partial charge in [-0.15, -0.1) is 11.3 Å². The highest BCUT2D eigenvalue weighted by Crippen LogP contribution is 2.17. The lowest BCUT2D eigenvalue weighted by Gasteiger charge is -2.06. The lowest BCUT2D eigenvalue weighted by Crippen LogP contribution is -2.01. The number of aliphatic hydroxyl groups is 1. The monoisotopic (exact) mass is 206 g/mol. The van der Waals surface area contributed by atoms with Crippen molar-refractivity contribution in [2.24, 2.45) is 0 Å². The van der Waals surface area contributed by atoms with Crippen molar-refractivity contribution >= 4 is 11.3 Å². The SMILES string of the molecule is OC(Cc1ccncc1)c1cscn1. The van der Waals surface area contributed by atoms with Crippen molar-refractivity contribution in [3.8, 4) is 0 Å². The lowest BCUT2D eigenvalue weighted by atomic mass is 10.1. The van der Waals surface area contributed by atoms with Crippen LogP contribution in [-0.2, 0) is 6.42 Å². The van der Waals surface area contributed by atoms with E-state index in [-0.39, 0.29) is 0 Å². The van der Waals surface area contributed by atoms with E-state index in [9.17, 15) is 5.11 Å². The van der Waals surface area contributed by atoms with E-state index in [2.05, 4.69) is 9.97 Å². The maximum atomic E-state index is 9.79. The minimum Gasteiger partial charge on any atom is -0.386 e. The smallest absolute Gasteiger partial charge is 0.101 e. The Labute approximate surface area is 86.1 Å². The summed E-state index contributed by atoms with van der Waals surface area (Å²) in [5, 5.41) is 11.7. The summed E-state index contributed by atoms with van der Waals surface area (Å²) in [5.74, 6) is 0. The van der Waals surface area contributed by atoms with Crippen molar-refractivity contribution < 1.29 is 5.11 Å². The van der Waals surface area contributed by atoms with Gasteiger partial charge in [0, 0.05) is 24.2 Å². The van der Waals surface area contributed by atoms with Crippen molar-refractivity contribution in [3.63, 3.8) is 0 Å². The molecule has 1 N–H and O–H groups in total. The topological polar surface area (TPSA) is 46.0 Å². The molecule has 0 fully saturated rings. The van der Waals surface area contributed by atoms with Crippen LogP contribution in [0.3, 0.4) is 0 Å². The molecule has 0 aliphatic carbocycles. The van der Waals surface area contributed by atoms with Gasteiger partial charge in [-0.1, -0.05) is 0 Å². The van der Waals surface area contributed by atoms with Crippen molar-refractivity contribution in [3.05, 3.63) is 46.7 Å². The average Bonchev–Trinajstić information content (AvgIpc) is 2.72. The lowest BCUT2D eigenvalue weighted by molar-refractivity contribution is 0.174. The molecule has 1 atom stereocenters. The zero-order valence-electron chi connectivity index (χ0n) is 7.50. The van der Waals surface area contributed by atoms with E-state index >= 15 is 0 Å². The number of hydrogen-bond acceptors (Lipinski definition) is 4. The summed E-state index contributed by atoms with van der Waals surface area (Å²) in [7, 11) is 0. The molecule has 2 aromatic heterocycles. The summed E-state index contributed by atoms with van der Waals surface area (Å²) in [6.07, 6.45) is 3.53. The standard InChI is InChI=1S/C10H10N2OS/c13-10(9-6-14-7-12-9)5-8-1-3-11-4-2-8/h1-4,6-7,10,13H,5H2. The van der Waals surface area contributed by atoms with Gasteiger partial charge in [0.15, 0.2) is 0 Å². The Morgan fingerprint density at radius 3 is 2.79 bits per heavy atom. The minimum atomic E-state index is -0.511. The van der Waals surface area contributed by atoms with Gasteiger partial charge in [-0.25, -0.2) is 4.98 Å². The van der Waals surface area contributed by atoms with E-state index in [0.717, 1.165) is 11.3 Å². The Balaban J connectivity index is 2.06. The first kappa shape index (κ1) is 9.30. The van der Waals surface area contributed by atoms with Gasteiger partial charge in [-0.3, -0.25) is 4.98 Å². The van der Waals surface area contributed by atoms with Crippen LogP contribution < -0.4 is 0 Å². The fraction of sp³-hybridized carbons (Fsp3) is 0.200. The molecule has 0 radical (unpaired) electrons. The molecule has 2 rings (SSSR count). The number of hydrogen-bond donors (Lipinski definition) is 1. The molecule has 4 heteroatoms. The van der Waals surface area contributed by atoms with Crippen LogP contribution in [0.1, 0.15) is 17.4 Å². The maximum Gasteiger partial charge on any atom is 0.101 e. The van der Waals surface area contributed by atoms with Gasteiger partial charge in [0.25, 0.3) is 0 Å². The fourth-order valence-corrected chi connectivity index (χ4v) is 1.83. The molecule has 0 aliphatic heterocycles. The first-order valence-electron chi connectivity index (χ1n) is 4.31. The van der Waals surface area contributed by atoms with Crippen LogP contribution in [0.2, 0.25) is 0 Å². The molecule has 0 aliphatic rings. The highest BCUT2D eigenvalue weighted by atomic mass is 32.1. The Morgan fingerprint density at radius 1 is 1.36 bits per heavy atom. The van der Waals surface area contributed by atoms with E-state index in [0.29, 0.717) is 6.42 Å². The zero-order valence-corrected chi connectivity index (χ0v) is 8.31. The number of pyridine rings is 1. The Bertz CT molecular complexity index is 374. The third-order valence-corrected chi connectivity index (χ3v) is 2.58. The first-order valence-corrected chi connectivity index (χ1v) is 5.25. The van der Waals surface area contributed by atoms with Crippen LogP contribution in [0.25, 0.3) is 0 Å². The highest BCUT2D eigenvalue weighted by Gasteiger charge is 2.09. The van der Waals surface area contributed by atoms with Crippen LogP contribution in [0, 0.1) is 0 Å². The second-order valence-electron chi connectivity index (χ2n) is 2.99. The van der Waals surface area contributed by atoms with Crippen molar-refractivity contribution in [2.75, 3.05) is 0 Å². The molecule has 2 aromatic rings. The van der Waals surface area contributed by atoms with E-state index in [1.54, 1.807) is 17.9 Å². The summed E-state index contributed by atoms with van der Waals surface area (Å²) in [6.45, 7) is 0. The molecule has 0 saturated heterocycles. The Morgan fingerprint density at radius 2 is 2.14 bits per heavy atom. The maximum absolute atomic E-state index is 9.79.